The molecule has 5 heteroatoms. The van der Waals surface area contributed by atoms with Gasteiger partial charge in [0.15, 0.2) is 5.78 Å². The predicted octanol–water partition coefficient (Wildman–Crippen LogP) is 2.71. The highest BCUT2D eigenvalue weighted by molar-refractivity contribution is 5.86. The highest BCUT2D eigenvalue weighted by atomic mass is 19.4. The predicted molar refractivity (Wildman–Crippen MR) is 46.0 cm³/mol. The van der Waals surface area contributed by atoms with E-state index in [1.807, 2.05) is 0 Å². The van der Waals surface area contributed by atoms with Gasteiger partial charge in [0.05, 0.1) is 6.42 Å². The van der Waals surface area contributed by atoms with Crippen LogP contribution in [0.4, 0.5) is 13.2 Å². The summed E-state index contributed by atoms with van der Waals surface area (Å²) in [6.45, 7) is 3.21. The first-order valence-corrected chi connectivity index (χ1v) is 4.40. The Hall–Kier alpha value is -0.580. The Labute approximate surface area is 81.4 Å². The maximum absolute atomic E-state index is 11.8. The molecule has 1 unspecified atom stereocenters. The molecule has 0 spiro atoms. The van der Waals surface area contributed by atoms with Gasteiger partial charge in [0.2, 0.25) is 0 Å². The van der Waals surface area contributed by atoms with Crippen LogP contribution in [0.3, 0.4) is 0 Å². The average Bonchev–Trinajstić information content (AvgIpc) is 2.11. The number of ketones is 1. The van der Waals surface area contributed by atoms with Gasteiger partial charge in [-0.25, -0.2) is 0 Å². The molecule has 0 aliphatic heterocycles. The van der Waals surface area contributed by atoms with Crippen LogP contribution in [0.25, 0.3) is 0 Å². The third-order valence-corrected chi connectivity index (χ3v) is 2.35. The van der Waals surface area contributed by atoms with Crippen LogP contribution in [0, 0.1) is 0 Å². The van der Waals surface area contributed by atoms with Crippen molar-refractivity contribution in [3.63, 3.8) is 0 Å². The largest absolute Gasteiger partial charge is 0.389 e. The number of Topliss-reactive ketones (excluding diaryl/α,β-unsaturated/α-hetero) is 1. The van der Waals surface area contributed by atoms with Crippen LogP contribution in [-0.2, 0) is 9.53 Å². The maximum Gasteiger partial charge on any atom is 0.389 e. The van der Waals surface area contributed by atoms with Crippen LogP contribution in [-0.4, -0.2) is 24.7 Å². The first-order valence-electron chi connectivity index (χ1n) is 4.40. The minimum Gasteiger partial charge on any atom is -0.371 e. The number of carbonyl (C=O) groups is 1. The maximum atomic E-state index is 11.8. The minimum absolute atomic E-state index is 0.375. The molecule has 0 aromatic rings. The summed E-state index contributed by atoms with van der Waals surface area (Å²) in [6.07, 6.45) is -5.50. The van der Waals surface area contributed by atoms with Gasteiger partial charge in [0.1, 0.15) is 5.60 Å². The van der Waals surface area contributed by atoms with Gasteiger partial charge < -0.3 is 4.74 Å². The summed E-state index contributed by atoms with van der Waals surface area (Å²) in [5, 5.41) is 0. The average molecular weight is 212 g/mol. The Kier molecular flexibility index (Phi) is 4.58. The zero-order chi connectivity index (χ0) is 11.4. The summed E-state index contributed by atoms with van der Waals surface area (Å²) in [5.74, 6) is -0.500. The lowest BCUT2D eigenvalue weighted by Gasteiger charge is -2.25. The number of hydrogen-bond acceptors (Lipinski definition) is 2. The normalized spacial score (nSPS) is 16.4. The van der Waals surface area contributed by atoms with Crippen molar-refractivity contribution < 1.29 is 22.7 Å². The number of hydrogen-bond donors (Lipinski definition) is 0. The van der Waals surface area contributed by atoms with E-state index in [4.69, 9.17) is 4.74 Å². The molecule has 0 N–H and O–H groups in total. The van der Waals surface area contributed by atoms with Crippen molar-refractivity contribution in [2.45, 2.75) is 44.9 Å². The van der Waals surface area contributed by atoms with Crippen molar-refractivity contribution in [3.8, 4) is 0 Å². The number of methoxy groups -OCH3 is 1. The molecule has 0 rings (SSSR count). The SMILES string of the molecule is CCC(C)(OC)C(=O)CCC(F)(F)F. The molecule has 0 fully saturated rings. The molecule has 1 atom stereocenters. The third kappa shape index (κ3) is 4.09. The lowest BCUT2D eigenvalue weighted by atomic mass is 9.94. The lowest BCUT2D eigenvalue weighted by Crippen LogP contribution is -2.37. The number of rotatable bonds is 5. The van der Waals surface area contributed by atoms with E-state index in [0.717, 1.165) is 0 Å². The molecule has 0 saturated carbocycles. The second-order valence-corrected chi connectivity index (χ2v) is 3.33. The number of carbonyl (C=O) groups excluding carboxylic acids is 1. The summed E-state index contributed by atoms with van der Waals surface area (Å²) in [6, 6.07) is 0. The van der Waals surface area contributed by atoms with Crippen LogP contribution in [0.1, 0.15) is 33.1 Å². The number of ether oxygens (including phenoxy) is 1. The molecule has 0 aliphatic rings. The summed E-state index contributed by atoms with van der Waals surface area (Å²) < 4.78 is 40.4. The summed E-state index contributed by atoms with van der Waals surface area (Å²) in [5.41, 5.74) is -1.08. The Morgan fingerprint density at radius 3 is 2.14 bits per heavy atom. The van der Waals surface area contributed by atoms with Gasteiger partial charge in [0.25, 0.3) is 0 Å². The molecule has 0 radical (unpaired) electrons. The highest BCUT2D eigenvalue weighted by Gasteiger charge is 2.34. The lowest BCUT2D eigenvalue weighted by molar-refractivity contribution is -0.153. The van der Waals surface area contributed by atoms with E-state index in [1.54, 1.807) is 6.92 Å². The van der Waals surface area contributed by atoms with Gasteiger partial charge in [0, 0.05) is 13.5 Å². The van der Waals surface area contributed by atoms with Crippen molar-refractivity contribution >= 4 is 5.78 Å². The highest BCUT2D eigenvalue weighted by Crippen LogP contribution is 2.25. The van der Waals surface area contributed by atoms with Crippen molar-refractivity contribution in [1.29, 1.82) is 0 Å². The van der Waals surface area contributed by atoms with Gasteiger partial charge in [-0.05, 0) is 13.3 Å². The van der Waals surface area contributed by atoms with Crippen LogP contribution in [0.15, 0.2) is 0 Å². The van der Waals surface area contributed by atoms with Gasteiger partial charge in [-0.15, -0.1) is 0 Å². The molecule has 0 aromatic carbocycles. The summed E-state index contributed by atoms with van der Waals surface area (Å²) >= 11 is 0. The Morgan fingerprint density at radius 1 is 1.36 bits per heavy atom. The molecule has 84 valence electrons. The van der Waals surface area contributed by atoms with E-state index < -0.39 is 30.4 Å². The summed E-state index contributed by atoms with van der Waals surface area (Å²) in [7, 11) is 1.33. The second-order valence-electron chi connectivity index (χ2n) is 3.33. The zero-order valence-electron chi connectivity index (χ0n) is 8.57. The van der Waals surface area contributed by atoms with E-state index in [-0.39, 0.29) is 0 Å². The molecule has 0 aliphatic carbocycles. The monoisotopic (exact) mass is 212 g/mol. The first kappa shape index (κ1) is 13.4. The third-order valence-electron chi connectivity index (χ3n) is 2.35. The molecule has 0 heterocycles. The van der Waals surface area contributed by atoms with E-state index in [2.05, 4.69) is 0 Å². The molecular weight excluding hydrogens is 197 g/mol. The molecule has 0 saturated heterocycles. The molecule has 0 amide bonds. The quantitative estimate of drug-likeness (QED) is 0.700. The second kappa shape index (κ2) is 4.77. The van der Waals surface area contributed by atoms with Crippen LogP contribution < -0.4 is 0 Å². The fraction of sp³-hybridized carbons (Fsp3) is 0.889. The fourth-order valence-corrected chi connectivity index (χ4v) is 0.975. The van der Waals surface area contributed by atoms with Gasteiger partial charge in [-0.3, -0.25) is 4.79 Å². The molecule has 14 heavy (non-hydrogen) atoms. The van der Waals surface area contributed by atoms with Crippen molar-refractivity contribution in [2.75, 3.05) is 7.11 Å². The van der Waals surface area contributed by atoms with Crippen molar-refractivity contribution in [2.24, 2.45) is 0 Å². The number of alkyl halides is 3. The topological polar surface area (TPSA) is 26.3 Å². The molecule has 0 aromatic heterocycles. The molecule has 0 bridgehead atoms. The smallest absolute Gasteiger partial charge is 0.371 e. The summed E-state index contributed by atoms with van der Waals surface area (Å²) in [4.78, 5) is 11.3. The van der Waals surface area contributed by atoms with Gasteiger partial charge in [-0.1, -0.05) is 6.92 Å². The van der Waals surface area contributed by atoms with E-state index >= 15 is 0 Å². The van der Waals surface area contributed by atoms with E-state index in [1.165, 1.54) is 14.0 Å². The van der Waals surface area contributed by atoms with Gasteiger partial charge >= 0.3 is 6.18 Å². The Bertz CT molecular complexity index is 195. The van der Waals surface area contributed by atoms with E-state index in [0.29, 0.717) is 6.42 Å². The van der Waals surface area contributed by atoms with Crippen LogP contribution in [0.2, 0.25) is 0 Å². The van der Waals surface area contributed by atoms with E-state index in [9.17, 15) is 18.0 Å². The first-order chi connectivity index (χ1) is 6.25. The Morgan fingerprint density at radius 2 is 1.86 bits per heavy atom. The number of halogens is 3. The zero-order valence-corrected chi connectivity index (χ0v) is 8.57. The minimum atomic E-state index is -4.28. The Balaban J connectivity index is 4.20. The standard InChI is InChI=1S/C9H15F3O2/c1-4-8(2,14-3)7(13)5-6-9(10,11)12/h4-6H2,1-3H3. The van der Waals surface area contributed by atoms with Crippen LogP contribution >= 0.6 is 0 Å². The van der Waals surface area contributed by atoms with Gasteiger partial charge in [-0.2, -0.15) is 13.2 Å². The molecular formula is C9H15F3O2. The van der Waals surface area contributed by atoms with Crippen molar-refractivity contribution in [1.82, 2.24) is 0 Å². The van der Waals surface area contributed by atoms with Crippen molar-refractivity contribution in [3.05, 3.63) is 0 Å². The molecule has 2 nitrogen and oxygen atoms in total. The van der Waals surface area contributed by atoms with Crippen LogP contribution in [0.5, 0.6) is 0 Å². The fourth-order valence-electron chi connectivity index (χ4n) is 0.975.